The van der Waals surface area contributed by atoms with Gasteiger partial charge in [-0.3, -0.25) is 4.40 Å². The van der Waals surface area contributed by atoms with Crippen LogP contribution in [0.3, 0.4) is 0 Å². The highest BCUT2D eigenvalue weighted by atomic mass is 15.0. The number of fused-ring (bicyclic) bond motifs is 5. The minimum Gasteiger partial charge on any atom is -0.293 e. The molecule has 0 unspecified atom stereocenters. The third kappa shape index (κ3) is 1.24. The maximum atomic E-state index is 4.75. The van der Waals surface area contributed by atoms with E-state index in [0.29, 0.717) is 0 Å². The summed E-state index contributed by atoms with van der Waals surface area (Å²) in [5.74, 6) is 0. The number of rotatable bonds is 0. The minimum absolute atomic E-state index is 1.04. The summed E-state index contributed by atoms with van der Waals surface area (Å²) in [6.45, 7) is 0. The highest BCUT2D eigenvalue weighted by molar-refractivity contribution is 6.26. The fourth-order valence-corrected chi connectivity index (χ4v) is 4.06. The van der Waals surface area contributed by atoms with Crippen molar-refractivity contribution in [2.75, 3.05) is 0 Å². The predicted molar refractivity (Wildman–Crippen MR) is 96.4 cm³/mol. The second kappa shape index (κ2) is 3.79. The quantitative estimate of drug-likeness (QED) is 0.271. The van der Waals surface area contributed by atoms with Crippen LogP contribution in [0, 0.1) is 0 Å². The van der Waals surface area contributed by atoms with E-state index in [-0.39, 0.29) is 0 Å². The van der Waals surface area contributed by atoms with Crippen LogP contribution in [0.15, 0.2) is 72.9 Å². The molecule has 0 amide bonds. The minimum atomic E-state index is 1.04. The van der Waals surface area contributed by atoms with E-state index in [1.807, 2.05) is 6.20 Å². The third-order valence-electron chi connectivity index (χ3n) is 4.97. The van der Waals surface area contributed by atoms with Crippen molar-refractivity contribution in [2.45, 2.75) is 0 Å². The molecule has 0 N–H and O–H groups in total. The molecular formula is C21H12N2. The van der Waals surface area contributed by atoms with Gasteiger partial charge in [-0.25, -0.2) is 4.98 Å². The SMILES string of the molecule is c1cc2ccnc3c2c(c1)c1cccc2c4ccccc4n3c12. The summed E-state index contributed by atoms with van der Waals surface area (Å²) in [7, 11) is 0. The molecule has 23 heavy (non-hydrogen) atoms. The van der Waals surface area contributed by atoms with Crippen LogP contribution in [0.1, 0.15) is 0 Å². The Balaban J connectivity index is 2.17. The van der Waals surface area contributed by atoms with Crippen LogP contribution in [0.4, 0.5) is 0 Å². The van der Waals surface area contributed by atoms with E-state index >= 15 is 0 Å². The van der Waals surface area contributed by atoms with Crippen LogP contribution < -0.4 is 0 Å². The Kier molecular flexibility index (Phi) is 1.89. The number of nitrogens with zero attached hydrogens (tertiary/aromatic N) is 2. The first-order valence-corrected chi connectivity index (χ1v) is 7.84. The van der Waals surface area contributed by atoms with Gasteiger partial charge in [0.05, 0.1) is 11.0 Å². The molecule has 6 rings (SSSR count). The summed E-state index contributed by atoms with van der Waals surface area (Å²) < 4.78 is 2.33. The molecule has 6 aromatic rings. The average Bonchev–Trinajstić information content (AvgIpc) is 2.95. The molecule has 106 valence electrons. The summed E-state index contributed by atoms with van der Waals surface area (Å²) in [5, 5.41) is 7.66. The first kappa shape index (κ1) is 11.4. The van der Waals surface area contributed by atoms with Crippen LogP contribution in [-0.2, 0) is 0 Å². The normalized spacial score (nSPS) is 12.3. The summed E-state index contributed by atoms with van der Waals surface area (Å²) in [5.41, 5.74) is 3.54. The van der Waals surface area contributed by atoms with Crippen molar-refractivity contribution in [2.24, 2.45) is 0 Å². The molecule has 0 saturated carbocycles. The van der Waals surface area contributed by atoms with Crippen LogP contribution >= 0.6 is 0 Å². The van der Waals surface area contributed by atoms with Crippen molar-refractivity contribution in [3.8, 4) is 0 Å². The van der Waals surface area contributed by atoms with E-state index in [2.05, 4.69) is 71.1 Å². The zero-order valence-electron chi connectivity index (χ0n) is 12.3. The molecular weight excluding hydrogens is 280 g/mol. The monoisotopic (exact) mass is 292 g/mol. The molecule has 0 fully saturated rings. The maximum absolute atomic E-state index is 4.75. The van der Waals surface area contributed by atoms with Crippen molar-refractivity contribution in [1.82, 2.24) is 9.38 Å². The Hall–Kier alpha value is -3.13. The standard InChI is InChI=1S/C21H12N2/c1-2-10-18-14(6-1)16-8-4-9-17-15-7-3-5-13-11-12-22-21(19(13)15)23(18)20(16)17/h1-12H. The van der Waals surface area contributed by atoms with E-state index in [4.69, 9.17) is 4.98 Å². The topological polar surface area (TPSA) is 17.3 Å². The molecule has 3 heterocycles. The number of hydrogen-bond acceptors (Lipinski definition) is 1. The molecule has 0 radical (unpaired) electrons. The van der Waals surface area contributed by atoms with Crippen LogP contribution in [0.2, 0.25) is 0 Å². The highest BCUT2D eigenvalue weighted by Gasteiger charge is 2.17. The Morgan fingerprint density at radius 2 is 1.39 bits per heavy atom. The second-order valence-electron chi connectivity index (χ2n) is 6.09. The molecule has 2 heteroatoms. The van der Waals surface area contributed by atoms with Crippen molar-refractivity contribution < 1.29 is 0 Å². The van der Waals surface area contributed by atoms with Gasteiger partial charge >= 0.3 is 0 Å². The van der Waals surface area contributed by atoms with Gasteiger partial charge in [0.15, 0.2) is 0 Å². The first-order valence-electron chi connectivity index (χ1n) is 7.84. The fraction of sp³-hybridized carbons (Fsp3) is 0. The van der Waals surface area contributed by atoms with Gasteiger partial charge in [-0.15, -0.1) is 0 Å². The lowest BCUT2D eigenvalue weighted by Gasteiger charge is -2.11. The molecule has 0 spiro atoms. The Bertz CT molecular complexity index is 1350. The lowest BCUT2D eigenvalue weighted by molar-refractivity contribution is 1.25. The van der Waals surface area contributed by atoms with Gasteiger partial charge in [-0.1, -0.05) is 54.6 Å². The summed E-state index contributed by atoms with van der Waals surface area (Å²) in [6, 6.07) is 23.8. The predicted octanol–water partition coefficient (Wildman–Crippen LogP) is 5.38. The maximum Gasteiger partial charge on any atom is 0.146 e. The Morgan fingerprint density at radius 1 is 0.652 bits per heavy atom. The van der Waals surface area contributed by atoms with Gasteiger partial charge in [0.25, 0.3) is 0 Å². The van der Waals surface area contributed by atoms with E-state index in [1.165, 1.54) is 43.4 Å². The van der Waals surface area contributed by atoms with E-state index in [0.717, 1.165) is 5.65 Å². The van der Waals surface area contributed by atoms with Gasteiger partial charge < -0.3 is 0 Å². The van der Waals surface area contributed by atoms with E-state index < -0.39 is 0 Å². The fourth-order valence-electron chi connectivity index (χ4n) is 4.06. The smallest absolute Gasteiger partial charge is 0.146 e. The summed E-state index contributed by atoms with van der Waals surface area (Å²) >= 11 is 0. The summed E-state index contributed by atoms with van der Waals surface area (Å²) in [4.78, 5) is 4.75. The largest absolute Gasteiger partial charge is 0.293 e. The number of pyridine rings is 2. The number of para-hydroxylation sites is 2. The average molecular weight is 292 g/mol. The van der Waals surface area contributed by atoms with Gasteiger partial charge in [-0.05, 0) is 22.9 Å². The molecule has 3 aromatic carbocycles. The zero-order valence-corrected chi connectivity index (χ0v) is 12.3. The molecule has 0 aliphatic carbocycles. The van der Waals surface area contributed by atoms with Crippen LogP contribution in [0.5, 0.6) is 0 Å². The summed E-state index contributed by atoms with van der Waals surface area (Å²) in [6.07, 6.45) is 1.91. The number of benzene rings is 3. The first-order chi connectivity index (χ1) is 11.4. The Morgan fingerprint density at radius 3 is 2.35 bits per heavy atom. The highest BCUT2D eigenvalue weighted by Crippen LogP contribution is 2.39. The van der Waals surface area contributed by atoms with Gasteiger partial charge in [0.1, 0.15) is 5.65 Å². The van der Waals surface area contributed by atoms with Gasteiger partial charge in [-0.2, -0.15) is 0 Å². The molecule has 0 saturated heterocycles. The molecule has 2 nitrogen and oxygen atoms in total. The zero-order chi connectivity index (χ0) is 15.0. The van der Waals surface area contributed by atoms with Crippen molar-refractivity contribution in [1.29, 1.82) is 0 Å². The molecule has 0 aliphatic heterocycles. The third-order valence-corrected chi connectivity index (χ3v) is 4.97. The van der Waals surface area contributed by atoms with Gasteiger partial charge in [0, 0.05) is 27.7 Å². The number of hydrogen-bond donors (Lipinski definition) is 0. The lowest BCUT2D eigenvalue weighted by atomic mass is 10.0. The van der Waals surface area contributed by atoms with E-state index in [1.54, 1.807) is 0 Å². The number of aromatic nitrogens is 2. The molecule has 0 bridgehead atoms. The molecule has 0 aliphatic rings. The van der Waals surface area contributed by atoms with Crippen molar-refractivity contribution in [3.05, 3.63) is 72.9 Å². The molecule has 0 atom stereocenters. The van der Waals surface area contributed by atoms with Crippen LogP contribution in [0.25, 0.3) is 49.0 Å². The van der Waals surface area contributed by atoms with Crippen LogP contribution in [-0.4, -0.2) is 9.38 Å². The molecule has 3 aromatic heterocycles. The second-order valence-corrected chi connectivity index (χ2v) is 6.09. The lowest BCUT2D eigenvalue weighted by Crippen LogP contribution is -1.94. The Labute approximate surface area is 131 Å². The van der Waals surface area contributed by atoms with E-state index in [9.17, 15) is 0 Å². The van der Waals surface area contributed by atoms with Gasteiger partial charge in [0.2, 0.25) is 0 Å². The van der Waals surface area contributed by atoms with Crippen molar-refractivity contribution >= 4 is 49.0 Å². The van der Waals surface area contributed by atoms with Crippen molar-refractivity contribution in [3.63, 3.8) is 0 Å².